The molecule has 1 aromatic rings. The molecule has 0 radical (unpaired) electrons. The molecule has 4 aliphatic rings. The summed E-state index contributed by atoms with van der Waals surface area (Å²) in [5.74, 6) is 0.921. The third-order valence-corrected chi connectivity index (χ3v) is 6.48. The Morgan fingerprint density at radius 1 is 1.17 bits per heavy atom. The van der Waals surface area contributed by atoms with Crippen molar-refractivity contribution in [2.75, 3.05) is 5.32 Å². The molecule has 1 amide bonds. The Labute approximate surface area is 138 Å². The fourth-order valence-electron chi connectivity index (χ4n) is 6.71. The van der Waals surface area contributed by atoms with Crippen LogP contribution in [0.5, 0.6) is 0 Å². The van der Waals surface area contributed by atoms with Crippen LogP contribution >= 0.6 is 0 Å². The van der Waals surface area contributed by atoms with Crippen LogP contribution < -0.4 is 5.32 Å². The maximum atomic E-state index is 13.2. The van der Waals surface area contributed by atoms with Gasteiger partial charge in [-0.05, 0) is 73.0 Å². The van der Waals surface area contributed by atoms with Crippen LogP contribution in [0.2, 0.25) is 0 Å². The zero-order valence-corrected chi connectivity index (χ0v) is 14.2. The highest BCUT2D eigenvalue weighted by atomic mass is 16.3. The number of hydrogen-bond donors (Lipinski definition) is 2. The van der Waals surface area contributed by atoms with Gasteiger partial charge in [0.2, 0.25) is 5.91 Å². The average molecular weight is 313 g/mol. The zero-order valence-electron chi connectivity index (χ0n) is 14.2. The van der Waals surface area contributed by atoms with E-state index < -0.39 is 0 Å². The van der Waals surface area contributed by atoms with Crippen LogP contribution in [0.3, 0.4) is 0 Å². The second kappa shape index (κ2) is 4.83. The van der Waals surface area contributed by atoms with E-state index in [1.807, 2.05) is 24.3 Å². The molecule has 4 bridgehead atoms. The smallest absolute Gasteiger partial charge is 0.230 e. The summed E-state index contributed by atoms with van der Waals surface area (Å²) in [5, 5.41) is 12.4. The summed E-state index contributed by atoms with van der Waals surface area (Å²) < 4.78 is 0. The third kappa shape index (κ3) is 2.50. The van der Waals surface area contributed by atoms with E-state index in [1.54, 1.807) is 0 Å². The Morgan fingerprint density at radius 3 is 2.48 bits per heavy atom. The standard InChI is InChI=1S/C20H27NO2/c1-18-7-15-8-19(2,11-18)13-20(9-15,12-18)17(23)21-16-5-3-4-14(6-16)10-22/h3-6,15,22H,7-13H2,1-2H3,(H,21,23). The molecule has 4 saturated carbocycles. The van der Waals surface area contributed by atoms with Crippen LogP contribution in [0.4, 0.5) is 5.69 Å². The van der Waals surface area contributed by atoms with E-state index in [9.17, 15) is 9.90 Å². The number of anilines is 1. The molecule has 0 aliphatic heterocycles. The predicted octanol–water partition coefficient (Wildman–Crippen LogP) is 4.11. The SMILES string of the molecule is CC12CC3CC(C)(C1)CC(C(=O)Nc1cccc(CO)c1)(C3)C2. The molecular formula is C20H27NO2. The van der Waals surface area contributed by atoms with Gasteiger partial charge in [-0.25, -0.2) is 0 Å². The van der Waals surface area contributed by atoms with Crippen molar-refractivity contribution in [3.05, 3.63) is 29.8 Å². The molecule has 23 heavy (non-hydrogen) atoms. The van der Waals surface area contributed by atoms with Gasteiger partial charge in [-0.3, -0.25) is 4.79 Å². The normalized spacial score (nSPS) is 41.1. The second-order valence-corrected chi connectivity index (χ2v) is 9.22. The number of nitrogens with one attached hydrogen (secondary N) is 1. The molecule has 2 unspecified atom stereocenters. The van der Waals surface area contributed by atoms with Crippen molar-refractivity contribution in [2.45, 2.75) is 59.0 Å². The average Bonchev–Trinajstić information content (AvgIpc) is 2.43. The molecule has 3 heteroatoms. The van der Waals surface area contributed by atoms with Gasteiger partial charge in [-0.1, -0.05) is 26.0 Å². The topological polar surface area (TPSA) is 49.3 Å². The minimum absolute atomic E-state index is 0.00701. The summed E-state index contributed by atoms with van der Waals surface area (Å²) in [5.41, 5.74) is 2.16. The zero-order chi connectivity index (χ0) is 16.3. The van der Waals surface area contributed by atoms with Gasteiger partial charge in [0, 0.05) is 5.69 Å². The lowest BCUT2D eigenvalue weighted by Gasteiger charge is -2.64. The Morgan fingerprint density at radius 2 is 1.87 bits per heavy atom. The van der Waals surface area contributed by atoms with Crippen LogP contribution in [0.1, 0.15) is 57.9 Å². The summed E-state index contributed by atoms with van der Waals surface area (Å²) in [4.78, 5) is 13.2. The molecule has 0 saturated heterocycles. The first-order chi connectivity index (χ1) is 10.8. The van der Waals surface area contributed by atoms with Crippen molar-refractivity contribution in [2.24, 2.45) is 22.2 Å². The fourth-order valence-corrected chi connectivity index (χ4v) is 6.71. The quantitative estimate of drug-likeness (QED) is 0.882. The molecule has 124 valence electrons. The van der Waals surface area contributed by atoms with Crippen LogP contribution in [-0.2, 0) is 11.4 Å². The van der Waals surface area contributed by atoms with E-state index in [1.165, 1.54) is 19.3 Å². The Kier molecular flexibility index (Phi) is 3.19. The molecular weight excluding hydrogens is 286 g/mol. The third-order valence-electron chi connectivity index (χ3n) is 6.48. The van der Waals surface area contributed by atoms with E-state index in [0.717, 1.165) is 36.4 Å². The number of carbonyl (C=O) groups excluding carboxylic acids is 1. The summed E-state index contributed by atoms with van der Waals surface area (Å²) in [7, 11) is 0. The Balaban J connectivity index is 1.60. The summed E-state index contributed by atoms with van der Waals surface area (Å²) in [6, 6.07) is 7.56. The number of rotatable bonds is 3. The highest BCUT2D eigenvalue weighted by Gasteiger charge is 2.62. The molecule has 2 atom stereocenters. The van der Waals surface area contributed by atoms with Crippen molar-refractivity contribution in [3.63, 3.8) is 0 Å². The monoisotopic (exact) mass is 313 g/mol. The first-order valence-corrected chi connectivity index (χ1v) is 8.85. The van der Waals surface area contributed by atoms with Crippen molar-refractivity contribution < 1.29 is 9.90 Å². The molecule has 4 aliphatic carbocycles. The highest BCUT2D eigenvalue weighted by Crippen LogP contribution is 2.69. The maximum Gasteiger partial charge on any atom is 0.230 e. The van der Waals surface area contributed by atoms with Crippen molar-refractivity contribution >= 4 is 11.6 Å². The largest absolute Gasteiger partial charge is 0.392 e. The molecule has 3 nitrogen and oxygen atoms in total. The molecule has 0 spiro atoms. The van der Waals surface area contributed by atoms with Crippen LogP contribution in [-0.4, -0.2) is 11.0 Å². The van der Waals surface area contributed by atoms with Crippen LogP contribution in [0, 0.1) is 22.2 Å². The molecule has 2 N–H and O–H groups in total. The number of aliphatic hydroxyl groups excluding tert-OH is 1. The van der Waals surface area contributed by atoms with Gasteiger partial charge in [0.25, 0.3) is 0 Å². The second-order valence-electron chi connectivity index (χ2n) is 9.22. The lowest BCUT2D eigenvalue weighted by molar-refractivity contribution is -0.165. The Bertz CT molecular complexity index is 635. The molecule has 0 aromatic heterocycles. The number of benzene rings is 1. The summed E-state index contributed by atoms with van der Waals surface area (Å²) in [6.45, 7) is 4.79. The minimum atomic E-state index is -0.182. The first kappa shape index (κ1) is 15.2. The minimum Gasteiger partial charge on any atom is -0.392 e. The van der Waals surface area contributed by atoms with Gasteiger partial charge in [0.05, 0.1) is 12.0 Å². The highest BCUT2D eigenvalue weighted by molar-refractivity contribution is 5.95. The summed E-state index contributed by atoms with van der Waals surface area (Å²) in [6.07, 6.45) is 7.03. The van der Waals surface area contributed by atoms with Crippen LogP contribution in [0.15, 0.2) is 24.3 Å². The lowest BCUT2D eigenvalue weighted by atomic mass is 9.40. The van der Waals surface area contributed by atoms with E-state index >= 15 is 0 Å². The van der Waals surface area contributed by atoms with Gasteiger partial charge in [0.15, 0.2) is 0 Å². The lowest BCUT2D eigenvalue weighted by Crippen LogP contribution is -2.58. The number of aliphatic hydroxyl groups is 1. The van der Waals surface area contributed by atoms with Crippen molar-refractivity contribution in [1.82, 2.24) is 0 Å². The number of amides is 1. The molecule has 1 aromatic carbocycles. The fraction of sp³-hybridized carbons (Fsp3) is 0.650. The van der Waals surface area contributed by atoms with Crippen molar-refractivity contribution in [3.8, 4) is 0 Å². The van der Waals surface area contributed by atoms with Gasteiger partial charge in [-0.2, -0.15) is 0 Å². The Hall–Kier alpha value is -1.35. The number of hydrogen-bond acceptors (Lipinski definition) is 2. The molecule has 0 heterocycles. The first-order valence-electron chi connectivity index (χ1n) is 8.85. The van der Waals surface area contributed by atoms with E-state index in [2.05, 4.69) is 19.2 Å². The van der Waals surface area contributed by atoms with Gasteiger partial charge < -0.3 is 10.4 Å². The van der Waals surface area contributed by atoms with E-state index in [-0.39, 0.29) is 17.9 Å². The summed E-state index contributed by atoms with van der Waals surface area (Å²) >= 11 is 0. The van der Waals surface area contributed by atoms with Gasteiger partial charge >= 0.3 is 0 Å². The van der Waals surface area contributed by atoms with Crippen LogP contribution in [0.25, 0.3) is 0 Å². The molecule has 5 rings (SSSR count). The maximum absolute atomic E-state index is 13.2. The van der Waals surface area contributed by atoms with E-state index in [4.69, 9.17) is 0 Å². The van der Waals surface area contributed by atoms with E-state index in [0.29, 0.717) is 10.8 Å². The van der Waals surface area contributed by atoms with Crippen molar-refractivity contribution in [1.29, 1.82) is 0 Å². The molecule has 4 fully saturated rings. The predicted molar refractivity (Wildman–Crippen MR) is 90.8 cm³/mol. The number of carbonyl (C=O) groups is 1. The van der Waals surface area contributed by atoms with Gasteiger partial charge in [-0.15, -0.1) is 0 Å². The van der Waals surface area contributed by atoms with Gasteiger partial charge in [0.1, 0.15) is 0 Å².